The van der Waals surface area contributed by atoms with Crippen molar-refractivity contribution in [1.82, 2.24) is 14.4 Å². The number of aliphatic hydroxyl groups is 1. The van der Waals surface area contributed by atoms with Gasteiger partial charge < -0.3 is 9.84 Å². The first-order chi connectivity index (χ1) is 16.5. The first-order valence-electron chi connectivity index (χ1n) is 10.2. The van der Waals surface area contributed by atoms with Gasteiger partial charge in [-0.15, -0.1) is 0 Å². The maximum Gasteiger partial charge on any atom is 0.264 e. The van der Waals surface area contributed by atoms with Crippen molar-refractivity contribution in [2.75, 3.05) is 11.8 Å². The third-order valence-corrected chi connectivity index (χ3v) is 6.21. The molecule has 0 amide bonds. The summed E-state index contributed by atoms with van der Waals surface area (Å²) in [6.45, 7) is 3.14. The molecule has 2 N–H and O–H groups in total. The number of hydrogen-bond donors (Lipinski definition) is 2. The van der Waals surface area contributed by atoms with Gasteiger partial charge in [0, 0.05) is 29.6 Å². The van der Waals surface area contributed by atoms with E-state index in [1.54, 1.807) is 42.8 Å². The molecule has 0 unspecified atom stereocenters. The van der Waals surface area contributed by atoms with Gasteiger partial charge in [0.15, 0.2) is 0 Å². The molecule has 0 atom stereocenters. The van der Waals surface area contributed by atoms with E-state index >= 15 is 0 Å². The van der Waals surface area contributed by atoms with Gasteiger partial charge in [0.2, 0.25) is 5.88 Å². The quantitative estimate of drug-likeness (QED) is 0.408. The van der Waals surface area contributed by atoms with E-state index in [1.807, 2.05) is 0 Å². The Bertz CT molecular complexity index is 1600. The first kappa shape index (κ1) is 24.1. The Balaban J connectivity index is 1.75. The number of imidazole rings is 1. The molecule has 0 aliphatic heterocycles. The summed E-state index contributed by atoms with van der Waals surface area (Å²) in [6, 6.07) is 7.15. The minimum Gasteiger partial charge on any atom is -0.480 e. The van der Waals surface area contributed by atoms with E-state index in [0.29, 0.717) is 28.5 Å². The molecule has 1 aromatic carbocycles. The number of halogens is 2. The van der Waals surface area contributed by atoms with Crippen molar-refractivity contribution >= 4 is 21.4 Å². The summed E-state index contributed by atoms with van der Waals surface area (Å²) in [7, 11) is -3.11. The van der Waals surface area contributed by atoms with Crippen molar-refractivity contribution in [3.63, 3.8) is 0 Å². The molecule has 3 heterocycles. The van der Waals surface area contributed by atoms with Gasteiger partial charge in [-0.05, 0) is 50.1 Å². The van der Waals surface area contributed by atoms with Crippen molar-refractivity contribution in [2.24, 2.45) is 0 Å². The standard InChI is InChI=1S/C24H20F2N4O4S/c1-24(2,31)9-8-18-13-27-22-7-4-15(14-30(18)22)16-10-20(23(34-3)28-12-16)29-35(32,33)21-6-5-17(25)11-19(21)26/h4-7,10-14,29,31H,1-3H3. The van der Waals surface area contributed by atoms with Gasteiger partial charge in [-0.2, -0.15) is 0 Å². The number of ether oxygens (including phenoxy) is 1. The fourth-order valence-corrected chi connectivity index (χ4v) is 4.31. The van der Waals surface area contributed by atoms with E-state index < -0.39 is 32.2 Å². The van der Waals surface area contributed by atoms with Crippen LogP contribution in [-0.4, -0.2) is 40.6 Å². The van der Waals surface area contributed by atoms with Crippen molar-refractivity contribution in [3.8, 4) is 28.8 Å². The second kappa shape index (κ2) is 8.98. The molecule has 0 fully saturated rings. The van der Waals surface area contributed by atoms with Crippen LogP contribution >= 0.6 is 0 Å². The molecular weight excluding hydrogens is 478 g/mol. The average Bonchev–Trinajstić information content (AvgIpc) is 3.19. The second-order valence-electron chi connectivity index (χ2n) is 8.06. The topological polar surface area (TPSA) is 106 Å². The average molecular weight is 499 g/mol. The minimum atomic E-state index is -4.41. The molecule has 4 rings (SSSR count). The lowest BCUT2D eigenvalue weighted by molar-refractivity contribution is 0.143. The number of sulfonamides is 1. The summed E-state index contributed by atoms with van der Waals surface area (Å²) in [5.74, 6) is 3.45. The summed E-state index contributed by atoms with van der Waals surface area (Å²) in [4.78, 5) is 7.72. The third-order valence-electron chi connectivity index (χ3n) is 4.81. The second-order valence-corrected chi connectivity index (χ2v) is 9.71. The summed E-state index contributed by atoms with van der Waals surface area (Å²) >= 11 is 0. The smallest absolute Gasteiger partial charge is 0.264 e. The Hall–Kier alpha value is -4.01. The number of pyridine rings is 2. The lowest BCUT2D eigenvalue weighted by Crippen LogP contribution is -2.15. The maximum atomic E-state index is 14.1. The Morgan fingerprint density at radius 2 is 1.86 bits per heavy atom. The first-order valence-corrected chi connectivity index (χ1v) is 11.7. The number of anilines is 1. The molecule has 0 bridgehead atoms. The lowest BCUT2D eigenvalue weighted by atomic mass is 10.1. The Labute approximate surface area is 200 Å². The highest BCUT2D eigenvalue weighted by atomic mass is 32.2. The zero-order valence-electron chi connectivity index (χ0n) is 18.9. The van der Waals surface area contributed by atoms with E-state index in [2.05, 4.69) is 26.5 Å². The predicted molar refractivity (Wildman–Crippen MR) is 125 cm³/mol. The normalized spacial score (nSPS) is 11.7. The van der Waals surface area contributed by atoms with Crippen LogP contribution in [0, 0.1) is 23.5 Å². The maximum absolute atomic E-state index is 14.1. The number of nitrogens with zero attached hydrogens (tertiary/aromatic N) is 3. The Kier molecular flexibility index (Phi) is 6.19. The van der Waals surface area contributed by atoms with E-state index in [9.17, 15) is 22.3 Å². The van der Waals surface area contributed by atoms with Crippen molar-refractivity contribution < 1.29 is 27.0 Å². The summed E-state index contributed by atoms with van der Waals surface area (Å²) in [5.41, 5.74) is 1.09. The SMILES string of the molecule is COc1ncc(-c2ccc3ncc(C#CC(C)(C)O)n3c2)cc1NS(=O)(=O)c1ccc(F)cc1F. The molecule has 0 aliphatic carbocycles. The van der Waals surface area contributed by atoms with Crippen LogP contribution in [0.1, 0.15) is 19.5 Å². The minimum absolute atomic E-state index is 0.0403. The number of fused-ring (bicyclic) bond motifs is 1. The molecule has 0 aliphatic rings. The van der Waals surface area contributed by atoms with Crippen molar-refractivity contribution in [3.05, 3.63) is 72.3 Å². The number of benzene rings is 1. The molecule has 0 saturated carbocycles. The molecule has 180 valence electrons. The Morgan fingerprint density at radius 3 is 2.54 bits per heavy atom. The van der Waals surface area contributed by atoms with Gasteiger partial charge >= 0.3 is 0 Å². The van der Waals surface area contributed by atoms with Crippen LogP contribution in [0.4, 0.5) is 14.5 Å². The van der Waals surface area contributed by atoms with E-state index in [0.717, 1.165) is 12.1 Å². The predicted octanol–water partition coefficient (Wildman–Crippen LogP) is 3.61. The molecule has 35 heavy (non-hydrogen) atoms. The van der Waals surface area contributed by atoms with Crippen LogP contribution in [-0.2, 0) is 10.0 Å². The van der Waals surface area contributed by atoms with Gasteiger partial charge in [0.05, 0.1) is 13.3 Å². The van der Waals surface area contributed by atoms with Crippen LogP contribution < -0.4 is 9.46 Å². The number of methoxy groups -OCH3 is 1. The van der Waals surface area contributed by atoms with Crippen LogP contribution in [0.2, 0.25) is 0 Å². The highest BCUT2D eigenvalue weighted by Gasteiger charge is 2.22. The van der Waals surface area contributed by atoms with Gasteiger partial charge in [-0.25, -0.2) is 27.2 Å². The van der Waals surface area contributed by atoms with Crippen LogP contribution in [0.5, 0.6) is 5.88 Å². The summed E-state index contributed by atoms with van der Waals surface area (Å²) < 4.78 is 62.1. The van der Waals surface area contributed by atoms with Gasteiger partial charge in [-0.1, -0.05) is 5.92 Å². The molecular formula is C24H20F2N4O4S. The molecule has 8 nitrogen and oxygen atoms in total. The molecule has 0 radical (unpaired) electrons. The molecule has 3 aromatic heterocycles. The molecule has 11 heteroatoms. The number of rotatable bonds is 5. The van der Waals surface area contributed by atoms with Gasteiger partial charge in [-0.3, -0.25) is 9.12 Å². The lowest BCUT2D eigenvalue weighted by Gasteiger charge is -2.13. The third kappa shape index (κ3) is 5.24. The fourth-order valence-electron chi connectivity index (χ4n) is 3.20. The fraction of sp³-hybridized carbons (Fsp3) is 0.167. The van der Waals surface area contributed by atoms with Crippen LogP contribution in [0.15, 0.2) is 59.9 Å². The van der Waals surface area contributed by atoms with Crippen molar-refractivity contribution in [1.29, 1.82) is 0 Å². The van der Waals surface area contributed by atoms with Gasteiger partial charge in [0.25, 0.3) is 10.0 Å². The van der Waals surface area contributed by atoms with E-state index in [-0.39, 0.29) is 11.6 Å². The van der Waals surface area contributed by atoms with Crippen LogP contribution in [0.3, 0.4) is 0 Å². The summed E-state index contributed by atoms with van der Waals surface area (Å²) in [6.07, 6.45) is 4.79. The van der Waals surface area contributed by atoms with E-state index in [4.69, 9.17) is 4.74 Å². The molecule has 0 spiro atoms. The Morgan fingerprint density at radius 1 is 1.09 bits per heavy atom. The molecule has 0 saturated heterocycles. The summed E-state index contributed by atoms with van der Waals surface area (Å²) in [5, 5.41) is 9.89. The molecule has 4 aromatic rings. The largest absolute Gasteiger partial charge is 0.480 e. The zero-order valence-corrected chi connectivity index (χ0v) is 19.7. The highest BCUT2D eigenvalue weighted by Crippen LogP contribution is 2.31. The van der Waals surface area contributed by atoms with E-state index in [1.165, 1.54) is 19.4 Å². The number of hydrogen-bond acceptors (Lipinski definition) is 6. The monoisotopic (exact) mass is 498 g/mol. The number of aromatic nitrogens is 3. The van der Waals surface area contributed by atoms with Gasteiger partial charge in [0.1, 0.15) is 39.2 Å². The number of nitrogens with one attached hydrogen (secondary N) is 1. The van der Waals surface area contributed by atoms with Crippen molar-refractivity contribution in [2.45, 2.75) is 24.3 Å². The zero-order chi connectivity index (χ0) is 25.4. The highest BCUT2D eigenvalue weighted by molar-refractivity contribution is 7.92. The van der Waals surface area contributed by atoms with Crippen LogP contribution in [0.25, 0.3) is 16.8 Å².